The minimum atomic E-state index is -0.0376. The van der Waals surface area contributed by atoms with Crippen molar-refractivity contribution in [3.8, 4) is 0 Å². The van der Waals surface area contributed by atoms with E-state index in [1.54, 1.807) is 16.9 Å². The molecule has 0 radical (unpaired) electrons. The van der Waals surface area contributed by atoms with Crippen molar-refractivity contribution in [3.05, 3.63) is 34.9 Å². The molecule has 24 heavy (non-hydrogen) atoms. The Morgan fingerprint density at radius 3 is 2.29 bits per heavy atom. The van der Waals surface area contributed by atoms with E-state index < -0.39 is 0 Å². The van der Waals surface area contributed by atoms with Gasteiger partial charge in [-0.1, -0.05) is 6.07 Å². The third kappa shape index (κ3) is 4.79. The average molecular weight is 334 g/mol. The van der Waals surface area contributed by atoms with Crippen molar-refractivity contribution in [2.75, 3.05) is 53.1 Å². The van der Waals surface area contributed by atoms with Gasteiger partial charge in [0.25, 0.3) is 5.91 Å². The lowest BCUT2D eigenvalue weighted by Gasteiger charge is -2.34. The van der Waals surface area contributed by atoms with E-state index in [1.165, 1.54) is 5.56 Å². The molecule has 1 aliphatic rings. The summed E-state index contributed by atoms with van der Waals surface area (Å²) in [5, 5.41) is 0. The normalized spacial score (nSPS) is 14.8. The molecule has 1 heterocycles. The Kier molecular flexibility index (Phi) is 6.75. The monoisotopic (exact) mass is 334 g/mol. The number of nitrogens with zero attached hydrogens (tertiary/aromatic N) is 2. The molecule has 0 bridgehead atoms. The van der Waals surface area contributed by atoms with Gasteiger partial charge < -0.3 is 19.3 Å². The Balaban J connectivity index is 1.82. The lowest BCUT2D eigenvalue weighted by molar-refractivity contribution is -0.138. The summed E-state index contributed by atoms with van der Waals surface area (Å²) in [5.41, 5.74) is 3.00. The number of amides is 2. The van der Waals surface area contributed by atoms with Crippen LogP contribution < -0.4 is 0 Å². The molecule has 0 saturated carbocycles. The van der Waals surface area contributed by atoms with Crippen LogP contribution in [0, 0.1) is 13.8 Å². The minimum Gasteiger partial charge on any atom is -0.382 e. The van der Waals surface area contributed by atoms with E-state index in [0.29, 0.717) is 45.0 Å². The van der Waals surface area contributed by atoms with Crippen LogP contribution in [0.4, 0.5) is 0 Å². The van der Waals surface area contributed by atoms with Crippen LogP contribution in [0.15, 0.2) is 18.2 Å². The van der Waals surface area contributed by atoms with Crippen LogP contribution in [0.1, 0.15) is 21.5 Å². The second-order valence-corrected chi connectivity index (χ2v) is 6.02. The van der Waals surface area contributed by atoms with E-state index in [9.17, 15) is 9.59 Å². The molecule has 0 unspecified atom stereocenters. The van der Waals surface area contributed by atoms with Crippen molar-refractivity contribution in [2.45, 2.75) is 13.8 Å². The molecular formula is C18H26N2O4. The van der Waals surface area contributed by atoms with E-state index in [1.807, 2.05) is 32.0 Å². The molecule has 6 heteroatoms. The summed E-state index contributed by atoms with van der Waals surface area (Å²) in [7, 11) is 1.59. The third-order valence-corrected chi connectivity index (χ3v) is 4.33. The van der Waals surface area contributed by atoms with Crippen LogP contribution in [-0.4, -0.2) is 74.7 Å². The first-order valence-electron chi connectivity index (χ1n) is 8.24. The van der Waals surface area contributed by atoms with Gasteiger partial charge in [0.2, 0.25) is 5.91 Å². The molecule has 1 fully saturated rings. The maximum atomic E-state index is 12.6. The summed E-state index contributed by atoms with van der Waals surface area (Å²) in [4.78, 5) is 28.2. The molecule has 0 spiro atoms. The third-order valence-electron chi connectivity index (χ3n) is 4.33. The minimum absolute atomic E-state index is 0.0292. The molecule has 1 aliphatic heterocycles. The van der Waals surface area contributed by atoms with Crippen molar-refractivity contribution in [3.63, 3.8) is 0 Å². The zero-order valence-corrected chi connectivity index (χ0v) is 14.7. The fourth-order valence-corrected chi connectivity index (χ4v) is 2.61. The smallest absolute Gasteiger partial charge is 0.253 e. The molecule has 0 aromatic heterocycles. The summed E-state index contributed by atoms with van der Waals surface area (Å²) >= 11 is 0. The lowest BCUT2D eigenvalue weighted by atomic mass is 10.1. The van der Waals surface area contributed by atoms with Gasteiger partial charge in [-0.2, -0.15) is 0 Å². The van der Waals surface area contributed by atoms with Gasteiger partial charge in [-0.25, -0.2) is 0 Å². The predicted octanol–water partition coefficient (Wildman–Crippen LogP) is 1.25. The second-order valence-electron chi connectivity index (χ2n) is 6.02. The number of methoxy groups -OCH3 is 1. The summed E-state index contributed by atoms with van der Waals surface area (Å²) in [6, 6.07) is 5.77. The lowest BCUT2D eigenvalue weighted by Crippen LogP contribution is -2.51. The van der Waals surface area contributed by atoms with Gasteiger partial charge >= 0.3 is 0 Å². The molecule has 6 nitrogen and oxygen atoms in total. The number of benzene rings is 1. The van der Waals surface area contributed by atoms with Gasteiger partial charge in [0, 0.05) is 38.9 Å². The van der Waals surface area contributed by atoms with Crippen molar-refractivity contribution < 1.29 is 19.1 Å². The van der Waals surface area contributed by atoms with Crippen LogP contribution >= 0.6 is 0 Å². The van der Waals surface area contributed by atoms with E-state index in [4.69, 9.17) is 9.47 Å². The Labute approximate surface area is 143 Å². The molecule has 2 amide bonds. The topological polar surface area (TPSA) is 59.1 Å². The fraction of sp³-hybridized carbons (Fsp3) is 0.556. The maximum absolute atomic E-state index is 12.6. The van der Waals surface area contributed by atoms with Crippen LogP contribution in [0.3, 0.4) is 0 Å². The van der Waals surface area contributed by atoms with Crippen LogP contribution in [0.2, 0.25) is 0 Å². The van der Waals surface area contributed by atoms with Crippen LogP contribution in [-0.2, 0) is 14.3 Å². The summed E-state index contributed by atoms with van der Waals surface area (Å²) in [6.07, 6.45) is 0. The van der Waals surface area contributed by atoms with Crippen molar-refractivity contribution in [2.24, 2.45) is 0 Å². The molecule has 0 atom stereocenters. The largest absolute Gasteiger partial charge is 0.382 e. The molecule has 2 rings (SSSR count). The predicted molar refractivity (Wildman–Crippen MR) is 91.1 cm³/mol. The SMILES string of the molecule is COCCOCC(=O)N1CCN(C(=O)c2ccc(C)c(C)c2)CC1. The van der Waals surface area contributed by atoms with Gasteiger partial charge in [-0.05, 0) is 37.1 Å². The van der Waals surface area contributed by atoms with E-state index in [2.05, 4.69) is 0 Å². The molecule has 132 valence electrons. The number of carbonyl (C=O) groups is 2. The number of hydrogen-bond acceptors (Lipinski definition) is 4. The maximum Gasteiger partial charge on any atom is 0.253 e. The van der Waals surface area contributed by atoms with Crippen molar-refractivity contribution in [1.29, 1.82) is 0 Å². The first-order valence-corrected chi connectivity index (χ1v) is 8.24. The van der Waals surface area contributed by atoms with Crippen LogP contribution in [0.25, 0.3) is 0 Å². The van der Waals surface area contributed by atoms with Crippen molar-refractivity contribution in [1.82, 2.24) is 9.80 Å². The molecule has 1 aromatic rings. The number of carbonyl (C=O) groups excluding carboxylic acids is 2. The van der Waals surface area contributed by atoms with E-state index in [0.717, 1.165) is 5.56 Å². The molecule has 0 aliphatic carbocycles. The highest BCUT2D eigenvalue weighted by Gasteiger charge is 2.24. The Hall–Kier alpha value is -1.92. The molecule has 1 saturated heterocycles. The Morgan fingerprint density at radius 2 is 1.67 bits per heavy atom. The highest BCUT2D eigenvalue weighted by molar-refractivity contribution is 5.94. The van der Waals surface area contributed by atoms with E-state index in [-0.39, 0.29) is 18.4 Å². The number of piperazine rings is 1. The number of aryl methyl sites for hydroxylation is 2. The summed E-state index contributed by atoms with van der Waals surface area (Å²) in [6.45, 7) is 7.18. The van der Waals surface area contributed by atoms with Gasteiger partial charge in [0.1, 0.15) is 6.61 Å². The zero-order chi connectivity index (χ0) is 17.5. The number of rotatable bonds is 6. The molecule has 1 aromatic carbocycles. The molecule has 0 N–H and O–H groups in total. The van der Waals surface area contributed by atoms with Gasteiger partial charge in [-0.3, -0.25) is 9.59 Å². The fourth-order valence-electron chi connectivity index (χ4n) is 2.61. The summed E-state index contributed by atoms with van der Waals surface area (Å²) in [5.74, 6) is -0.00840. The van der Waals surface area contributed by atoms with Gasteiger partial charge in [-0.15, -0.1) is 0 Å². The highest BCUT2D eigenvalue weighted by Crippen LogP contribution is 2.13. The van der Waals surface area contributed by atoms with Gasteiger partial charge in [0.15, 0.2) is 0 Å². The number of hydrogen-bond donors (Lipinski definition) is 0. The van der Waals surface area contributed by atoms with E-state index >= 15 is 0 Å². The number of ether oxygens (including phenoxy) is 2. The second kappa shape index (κ2) is 8.80. The standard InChI is InChI=1S/C18H26N2O4/c1-14-4-5-16(12-15(14)2)18(22)20-8-6-19(7-9-20)17(21)13-24-11-10-23-3/h4-5,12H,6-11,13H2,1-3H3. The quantitative estimate of drug-likeness (QED) is 0.735. The first kappa shape index (κ1) is 18.4. The van der Waals surface area contributed by atoms with Gasteiger partial charge in [0.05, 0.1) is 13.2 Å². The highest BCUT2D eigenvalue weighted by atomic mass is 16.5. The summed E-state index contributed by atoms with van der Waals surface area (Å²) < 4.78 is 10.1. The Bertz CT molecular complexity index is 580. The van der Waals surface area contributed by atoms with Crippen LogP contribution in [0.5, 0.6) is 0 Å². The Morgan fingerprint density at radius 1 is 1.00 bits per heavy atom. The average Bonchev–Trinajstić information content (AvgIpc) is 2.60. The molecular weight excluding hydrogens is 308 g/mol. The zero-order valence-electron chi connectivity index (χ0n) is 14.7. The van der Waals surface area contributed by atoms with Crippen molar-refractivity contribution >= 4 is 11.8 Å². The first-order chi connectivity index (χ1) is 11.5.